The van der Waals surface area contributed by atoms with Crippen LogP contribution in [0.4, 0.5) is 15.1 Å². The van der Waals surface area contributed by atoms with Crippen molar-refractivity contribution in [2.45, 2.75) is 52.2 Å². The summed E-state index contributed by atoms with van der Waals surface area (Å²) in [4.78, 5) is 32.3. The van der Waals surface area contributed by atoms with Gasteiger partial charge in [-0.3, -0.25) is 14.7 Å². The molecule has 0 saturated carbocycles. The summed E-state index contributed by atoms with van der Waals surface area (Å²) in [5.41, 5.74) is 2.06. The maximum Gasteiger partial charge on any atom is 0.318 e. The van der Waals surface area contributed by atoms with Gasteiger partial charge in [0.05, 0.1) is 17.5 Å². The summed E-state index contributed by atoms with van der Waals surface area (Å²) < 4.78 is 21.7. The van der Waals surface area contributed by atoms with Gasteiger partial charge in [0, 0.05) is 30.5 Å². The molecule has 2 heterocycles. The molecule has 4 rings (SSSR count). The SMILES string of the molecule is Cc1ccc(-n2cc(-c3ccccc3)nc2NC(=O)CN(C[C@H]2CCCO2)C(=O)NC(C)(C)C)cc1F. The number of nitrogens with zero attached hydrogens (tertiary/aromatic N) is 3. The molecule has 2 N–H and O–H groups in total. The Bertz CT molecular complexity index is 1250. The number of aromatic nitrogens is 2. The molecule has 1 aromatic heterocycles. The Morgan fingerprint density at radius 2 is 1.95 bits per heavy atom. The van der Waals surface area contributed by atoms with Gasteiger partial charge in [-0.15, -0.1) is 0 Å². The number of aryl methyl sites for hydroxylation is 1. The van der Waals surface area contributed by atoms with E-state index >= 15 is 0 Å². The van der Waals surface area contributed by atoms with Gasteiger partial charge in [0.25, 0.3) is 0 Å². The Kier molecular flexibility index (Phi) is 7.92. The molecule has 196 valence electrons. The van der Waals surface area contributed by atoms with E-state index in [1.54, 1.807) is 29.8 Å². The minimum Gasteiger partial charge on any atom is -0.376 e. The standard InChI is InChI=1S/C28H34FN5O3/c1-19-12-13-21(15-23(19)29)34-17-24(20-9-6-5-7-10-20)30-26(34)31-25(35)18-33(16-22-11-8-14-37-22)27(36)32-28(2,3)4/h5-7,9-10,12-13,15,17,22H,8,11,14,16,18H2,1-4H3,(H,32,36)(H,30,31,35)/t22-/m1/s1. The molecule has 2 aromatic carbocycles. The zero-order chi connectivity index (χ0) is 26.6. The van der Waals surface area contributed by atoms with Crippen LogP contribution < -0.4 is 10.6 Å². The highest BCUT2D eigenvalue weighted by Crippen LogP contribution is 2.25. The molecular weight excluding hydrogens is 473 g/mol. The Balaban J connectivity index is 1.59. The number of hydrogen-bond donors (Lipinski definition) is 2. The van der Waals surface area contributed by atoms with E-state index in [0.717, 1.165) is 18.4 Å². The summed E-state index contributed by atoms with van der Waals surface area (Å²) in [7, 11) is 0. The van der Waals surface area contributed by atoms with Gasteiger partial charge in [-0.05, 0) is 58.2 Å². The van der Waals surface area contributed by atoms with Crippen LogP contribution in [0.1, 0.15) is 39.2 Å². The van der Waals surface area contributed by atoms with Crippen LogP contribution in [-0.2, 0) is 9.53 Å². The van der Waals surface area contributed by atoms with Gasteiger partial charge in [-0.2, -0.15) is 0 Å². The molecule has 1 fully saturated rings. The van der Waals surface area contributed by atoms with E-state index in [4.69, 9.17) is 4.74 Å². The summed E-state index contributed by atoms with van der Waals surface area (Å²) in [6.07, 6.45) is 3.41. The topological polar surface area (TPSA) is 88.5 Å². The van der Waals surface area contributed by atoms with Crippen LogP contribution in [0, 0.1) is 12.7 Å². The molecule has 3 aromatic rings. The molecule has 1 saturated heterocycles. The van der Waals surface area contributed by atoms with E-state index in [0.29, 0.717) is 30.1 Å². The van der Waals surface area contributed by atoms with E-state index < -0.39 is 11.4 Å². The fraction of sp³-hybridized carbons (Fsp3) is 0.393. The number of ether oxygens (including phenoxy) is 1. The number of nitrogens with one attached hydrogen (secondary N) is 2. The number of rotatable bonds is 7. The highest BCUT2D eigenvalue weighted by atomic mass is 19.1. The molecule has 3 amide bonds. The number of imidazole rings is 1. The van der Waals surface area contributed by atoms with Crippen LogP contribution in [0.25, 0.3) is 16.9 Å². The van der Waals surface area contributed by atoms with Gasteiger partial charge in [0.2, 0.25) is 11.9 Å². The van der Waals surface area contributed by atoms with E-state index in [2.05, 4.69) is 15.6 Å². The normalized spacial score (nSPS) is 15.4. The van der Waals surface area contributed by atoms with Crippen molar-refractivity contribution in [1.82, 2.24) is 19.8 Å². The largest absolute Gasteiger partial charge is 0.376 e. The highest BCUT2D eigenvalue weighted by Gasteiger charge is 2.27. The molecule has 0 spiro atoms. The van der Waals surface area contributed by atoms with E-state index in [1.807, 2.05) is 51.1 Å². The molecule has 1 aliphatic heterocycles. The van der Waals surface area contributed by atoms with Gasteiger partial charge < -0.3 is 15.0 Å². The predicted molar refractivity (Wildman–Crippen MR) is 141 cm³/mol. The van der Waals surface area contributed by atoms with Crippen molar-refractivity contribution >= 4 is 17.9 Å². The van der Waals surface area contributed by atoms with Crippen molar-refractivity contribution in [3.63, 3.8) is 0 Å². The zero-order valence-electron chi connectivity index (χ0n) is 21.8. The number of carbonyl (C=O) groups is 2. The number of urea groups is 1. The average molecular weight is 508 g/mol. The minimum atomic E-state index is -0.460. The zero-order valence-corrected chi connectivity index (χ0v) is 21.8. The lowest BCUT2D eigenvalue weighted by Crippen LogP contribution is -2.52. The maximum atomic E-state index is 14.4. The Labute approximate surface area is 216 Å². The lowest BCUT2D eigenvalue weighted by molar-refractivity contribution is -0.117. The quantitative estimate of drug-likeness (QED) is 0.475. The summed E-state index contributed by atoms with van der Waals surface area (Å²) in [5.74, 6) is -0.534. The lowest BCUT2D eigenvalue weighted by atomic mass is 10.1. The number of carbonyl (C=O) groups excluding carboxylic acids is 2. The number of anilines is 1. The van der Waals surface area contributed by atoms with Crippen LogP contribution in [-0.4, -0.2) is 57.7 Å². The molecule has 0 bridgehead atoms. The van der Waals surface area contributed by atoms with Crippen molar-refractivity contribution in [3.8, 4) is 16.9 Å². The summed E-state index contributed by atoms with van der Waals surface area (Å²) in [6.45, 7) is 8.13. The Morgan fingerprint density at radius 1 is 1.19 bits per heavy atom. The minimum absolute atomic E-state index is 0.110. The van der Waals surface area contributed by atoms with Crippen LogP contribution in [0.15, 0.2) is 54.7 Å². The maximum absolute atomic E-state index is 14.4. The third kappa shape index (κ3) is 6.95. The van der Waals surface area contributed by atoms with E-state index in [1.165, 1.54) is 11.0 Å². The van der Waals surface area contributed by atoms with Crippen LogP contribution >= 0.6 is 0 Å². The van der Waals surface area contributed by atoms with E-state index in [-0.39, 0.29) is 30.4 Å². The van der Waals surface area contributed by atoms with Crippen LogP contribution in [0.3, 0.4) is 0 Å². The smallest absolute Gasteiger partial charge is 0.318 e. The van der Waals surface area contributed by atoms with Gasteiger partial charge >= 0.3 is 6.03 Å². The lowest BCUT2D eigenvalue weighted by Gasteiger charge is -2.29. The Hall–Kier alpha value is -3.72. The molecule has 8 nitrogen and oxygen atoms in total. The first-order valence-electron chi connectivity index (χ1n) is 12.5. The van der Waals surface area contributed by atoms with Gasteiger partial charge in [0.15, 0.2) is 0 Å². The second-order valence-electron chi connectivity index (χ2n) is 10.4. The summed E-state index contributed by atoms with van der Waals surface area (Å²) in [5, 5.41) is 5.76. The molecular formula is C28H34FN5O3. The van der Waals surface area contributed by atoms with Gasteiger partial charge in [0.1, 0.15) is 12.4 Å². The number of hydrogen-bond acceptors (Lipinski definition) is 4. The molecule has 0 radical (unpaired) electrons. The molecule has 9 heteroatoms. The van der Waals surface area contributed by atoms with Crippen molar-refractivity contribution in [2.75, 3.05) is 25.0 Å². The Morgan fingerprint density at radius 3 is 2.59 bits per heavy atom. The predicted octanol–water partition coefficient (Wildman–Crippen LogP) is 4.91. The van der Waals surface area contributed by atoms with Gasteiger partial charge in [-0.1, -0.05) is 36.4 Å². The first-order valence-corrected chi connectivity index (χ1v) is 12.5. The molecule has 1 atom stereocenters. The monoisotopic (exact) mass is 507 g/mol. The summed E-state index contributed by atoms with van der Waals surface area (Å²) >= 11 is 0. The molecule has 1 aliphatic rings. The third-order valence-electron chi connectivity index (χ3n) is 6.01. The molecule has 37 heavy (non-hydrogen) atoms. The average Bonchev–Trinajstić information content (AvgIpc) is 3.50. The highest BCUT2D eigenvalue weighted by molar-refractivity contribution is 5.93. The molecule has 0 unspecified atom stereocenters. The first-order chi connectivity index (χ1) is 17.6. The third-order valence-corrected chi connectivity index (χ3v) is 6.01. The number of halogens is 1. The van der Waals surface area contributed by atoms with Crippen molar-refractivity contribution < 1.29 is 18.7 Å². The van der Waals surface area contributed by atoms with Crippen LogP contribution in [0.2, 0.25) is 0 Å². The summed E-state index contributed by atoms with van der Waals surface area (Å²) in [6, 6.07) is 14.0. The second kappa shape index (κ2) is 11.1. The van der Waals surface area contributed by atoms with Crippen molar-refractivity contribution in [1.29, 1.82) is 0 Å². The number of amides is 3. The van der Waals surface area contributed by atoms with Crippen molar-refractivity contribution in [2.24, 2.45) is 0 Å². The first kappa shape index (κ1) is 26.3. The fourth-order valence-corrected chi connectivity index (χ4v) is 4.14. The van der Waals surface area contributed by atoms with E-state index in [9.17, 15) is 14.0 Å². The fourth-order valence-electron chi connectivity index (χ4n) is 4.14. The van der Waals surface area contributed by atoms with Crippen molar-refractivity contribution in [3.05, 3.63) is 66.1 Å². The molecule has 0 aliphatic carbocycles. The number of benzene rings is 2. The van der Waals surface area contributed by atoms with Crippen LogP contribution in [0.5, 0.6) is 0 Å². The van der Waals surface area contributed by atoms with Gasteiger partial charge in [-0.25, -0.2) is 14.2 Å². The second-order valence-corrected chi connectivity index (χ2v) is 10.4.